The predicted molar refractivity (Wildman–Crippen MR) is 152 cm³/mol. The molecule has 3 aliphatic rings. The van der Waals surface area contributed by atoms with Crippen LogP contribution in [0.1, 0.15) is 178 Å². The molecule has 3 saturated carbocycles. The highest BCUT2D eigenvalue weighted by Gasteiger charge is 2.26. The predicted octanol–water partition coefficient (Wildman–Crippen LogP) is 12.0. The molecule has 3 rings (SSSR count). The van der Waals surface area contributed by atoms with Crippen molar-refractivity contribution in [3.05, 3.63) is 0 Å². The van der Waals surface area contributed by atoms with Crippen LogP contribution in [0.5, 0.6) is 0 Å². The van der Waals surface area contributed by atoms with E-state index in [0.717, 1.165) is 17.8 Å². The van der Waals surface area contributed by atoms with Crippen molar-refractivity contribution < 1.29 is 0 Å². The summed E-state index contributed by atoms with van der Waals surface area (Å²) in [6.07, 6.45) is 26.6. The Morgan fingerprint density at radius 3 is 0.545 bits per heavy atom. The largest absolute Gasteiger partial charge is 0.0599 e. The Bertz CT molecular complexity index is 370. The first kappa shape index (κ1) is 31.0. The van der Waals surface area contributed by atoms with Gasteiger partial charge in [-0.1, -0.05) is 139 Å². The quantitative estimate of drug-likeness (QED) is 0.314. The summed E-state index contributed by atoms with van der Waals surface area (Å²) in [5.74, 6) is 2.97. The summed E-state index contributed by atoms with van der Waals surface area (Å²) in [6, 6.07) is 0. The van der Waals surface area contributed by atoms with Crippen LogP contribution in [0.3, 0.4) is 0 Å². The van der Waals surface area contributed by atoms with Crippen molar-refractivity contribution in [2.75, 3.05) is 0 Å². The van der Waals surface area contributed by atoms with Crippen LogP contribution in [-0.2, 0) is 0 Å². The maximum absolute atomic E-state index is 2.39. The first-order valence-electron chi connectivity index (χ1n) is 15.3. The first-order chi connectivity index (χ1) is 15.3. The molecule has 0 saturated heterocycles. The molecule has 0 radical (unpaired) electrons. The maximum atomic E-state index is 2.39. The minimum Gasteiger partial charge on any atom is -0.0599 e. The molecule has 0 aliphatic heterocycles. The zero-order valence-electron chi connectivity index (χ0n) is 25.0. The fourth-order valence-electron chi connectivity index (χ4n) is 6.44. The van der Waals surface area contributed by atoms with Gasteiger partial charge < -0.3 is 0 Å². The number of hydrogen-bond donors (Lipinski definition) is 0. The highest BCUT2D eigenvalue weighted by molar-refractivity contribution is 4.77. The lowest BCUT2D eigenvalue weighted by atomic mass is 9.76. The molecule has 0 atom stereocenters. The van der Waals surface area contributed by atoms with E-state index in [1.54, 1.807) is 0 Å². The Balaban J connectivity index is 0.000000247. The summed E-state index contributed by atoms with van der Waals surface area (Å²) < 4.78 is 0. The van der Waals surface area contributed by atoms with Crippen LogP contribution in [0.4, 0.5) is 0 Å². The molecule has 0 aromatic heterocycles. The molecular formula is C33H66. The molecule has 3 aliphatic carbocycles. The van der Waals surface area contributed by atoms with Crippen molar-refractivity contribution in [2.24, 2.45) is 34.0 Å². The topological polar surface area (TPSA) is 0 Å². The van der Waals surface area contributed by atoms with E-state index in [2.05, 4.69) is 62.3 Å². The molecule has 0 bridgehead atoms. The van der Waals surface area contributed by atoms with Gasteiger partial charge in [0, 0.05) is 0 Å². The van der Waals surface area contributed by atoms with Gasteiger partial charge >= 0.3 is 0 Å². The SMILES string of the molecule is CC(C)(C)C1CCCCCC1.CC(C)(C)C1CCCCCC1.CC(C)(C)C1CCCCCC1. The summed E-state index contributed by atoms with van der Waals surface area (Å²) in [7, 11) is 0. The molecule has 0 N–H and O–H groups in total. The molecule has 0 heteroatoms. The van der Waals surface area contributed by atoms with E-state index in [4.69, 9.17) is 0 Å². The van der Waals surface area contributed by atoms with E-state index in [1.165, 1.54) is 116 Å². The van der Waals surface area contributed by atoms with Gasteiger partial charge in [-0.3, -0.25) is 0 Å². The van der Waals surface area contributed by atoms with E-state index in [9.17, 15) is 0 Å². The van der Waals surface area contributed by atoms with E-state index in [1.807, 2.05) is 0 Å². The molecule has 198 valence electrons. The van der Waals surface area contributed by atoms with Gasteiger partial charge in [0.25, 0.3) is 0 Å². The van der Waals surface area contributed by atoms with Crippen molar-refractivity contribution >= 4 is 0 Å². The summed E-state index contributed by atoms with van der Waals surface area (Å²) in [6.45, 7) is 21.5. The van der Waals surface area contributed by atoms with Crippen LogP contribution in [0.2, 0.25) is 0 Å². The second-order valence-corrected chi connectivity index (χ2v) is 15.2. The molecule has 0 unspecified atom stereocenters. The zero-order valence-corrected chi connectivity index (χ0v) is 25.0. The fourth-order valence-corrected chi connectivity index (χ4v) is 6.44. The molecular weight excluding hydrogens is 396 g/mol. The van der Waals surface area contributed by atoms with Gasteiger partial charge in [0.1, 0.15) is 0 Å². The molecule has 0 heterocycles. The van der Waals surface area contributed by atoms with Crippen molar-refractivity contribution in [3.63, 3.8) is 0 Å². The lowest BCUT2D eigenvalue weighted by Crippen LogP contribution is -2.19. The average molecular weight is 463 g/mol. The monoisotopic (exact) mass is 463 g/mol. The Kier molecular flexibility index (Phi) is 14.3. The summed E-state index contributed by atoms with van der Waals surface area (Å²) in [4.78, 5) is 0. The van der Waals surface area contributed by atoms with E-state index < -0.39 is 0 Å². The van der Waals surface area contributed by atoms with Crippen molar-refractivity contribution in [1.82, 2.24) is 0 Å². The standard InChI is InChI=1S/3C11H22/c3*1-11(2,3)10-8-6-4-5-7-9-10/h3*10H,4-9H2,1-3H3. The van der Waals surface area contributed by atoms with Gasteiger partial charge in [0.05, 0.1) is 0 Å². The summed E-state index contributed by atoms with van der Waals surface area (Å²) in [5, 5.41) is 0. The molecule has 0 amide bonds. The molecule has 0 aromatic carbocycles. The van der Waals surface area contributed by atoms with Crippen LogP contribution in [0, 0.1) is 34.0 Å². The third kappa shape index (κ3) is 14.2. The van der Waals surface area contributed by atoms with Crippen LogP contribution < -0.4 is 0 Å². The van der Waals surface area contributed by atoms with Gasteiger partial charge in [-0.15, -0.1) is 0 Å². The lowest BCUT2D eigenvalue weighted by Gasteiger charge is -2.29. The van der Waals surface area contributed by atoms with Gasteiger partial charge in [0.15, 0.2) is 0 Å². The maximum Gasteiger partial charge on any atom is -0.0354 e. The van der Waals surface area contributed by atoms with E-state index >= 15 is 0 Å². The smallest absolute Gasteiger partial charge is 0.0354 e. The van der Waals surface area contributed by atoms with Crippen LogP contribution in [-0.4, -0.2) is 0 Å². The third-order valence-electron chi connectivity index (χ3n) is 9.24. The van der Waals surface area contributed by atoms with Crippen LogP contribution in [0.25, 0.3) is 0 Å². The van der Waals surface area contributed by atoms with Gasteiger partial charge in [-0.2, -0.15) is 0 Å². The van der Waals surface area contributed by atoms with Crippen molar-refractivity contribution in [2.45, 2.75) is 178 Å². The molecule has 0 aromatic rings. The van der Waals surface area contributed by atoms with Crippen LogP contribution in [0.15, 0.2) is 0 Å². The highest BCUT2D eigenvalue weighted by atomic mass is 14.3. The Morgan fingerprint density at radius 2 is 0.424 bits per heavy atom. The van der Waals surface area contributed by atoms with Crippen molar-refractivity contribution in [3.8, 4) is 0 Å². The van der Waals surface area contributed by atoms with Crippen molar-refractivity contribution in [1.29, 1.82) is 0 Å². The Hall–Kier alpha value is 0. The van der Waals surface area contributed by atoms with Gasteiger partial charge in [-0.25, -0.2) is 0 Å². The van der Waals surface area contributed by atoms with E-state index in [-0.39, 0.29) is 0 Å². The molecule has 33 heavy (non-hydrogen) atoms. The summed E-state index contributed by atoms with van der Waals surface area (Å²) in [5.41, 5.74) is 1.68. The minimum absolute atomic E-state index is 0.560. The minimum atomic E-state index is 0.560. The molecule has 0 spiro atoms. The van der Waals surface area contributed by atoms with Gasteiger partial charge in [0.2, 0.25) is 0 Å². The van der Waals surface area contributed by atoms with Crippen LogP contribution >= 0.6 is 0 Å². The molecule has 3 fully saturated rings. The molecule has 0 nitrogen and oxygen atoms in total. The Labute approximate surface area is 211 Å². The second-order valence-electron chi connectivity index (χ2n) is 15.2. The zero-order chi connectivity index (χ0) is 25.0. The fraction of sp³-hybridized carbons (Fsp3) is 1.00. The lowest BCUT2D eigenvalue weighted by molar-refractivity contribution is 0.215. The first-order valence-corrected chi connectivity index (χ1v) is 15.3. The van der Waals surface area contributed by atoms with Gasteiger partial charge in [-0.05, 0) is 72.5 Å². The third-order valence-corrected chi connectivity index (χ3v) is 9.24. The number of hydrogen-bond acceptors (Lipinski definition) is 0. The average Bonchev–Trinajstić information content (AvgIpc) is 3.23. The highest BCUT2D eigenvalue weighted by Crippen LogP contribution is 2.38. The Morgan fingerprint density at radius 1 is 0.273 bits per heavy atom. The normalized spacial score (nSPS) is 23.2. The van der Waals surface area contributed by atoms with E-state index in [0.29, 0.717) is 16.2 Å². The number of rotatable bonds is 0. The summed E-state index contributed by atoms with van der Waals surface area (Å²) >= 11 is 0. The second kappa shape index (κ2) is 15.2.